The molecular formula is C8H14N2O. The van der Waals surface area contributed by atoms with Crippen molar-refractivity contribution < 1.29 is 4.84 Å². The van der Waals surface area contributed by atoms with Crippen LogP contribution in [0.1, 0.15) is 25.7 Å². The van der Waals surface area contributed by atoms with Crippen molar-refractivity contribution in [3.63, 3.8) is 0 Å². The maximum Gasteiger partial charge on any atom is 0.135 e. The van der Waals surface area contributed by atoms with Gasteiger partial charge in [-0.3, -0.25) is 0 Å². The van der Waals surface area contributed by atoms with Crippen molar-refractivity contribution >= 4 is 5.71 Å². The second kappa shape index (κ2) is 2.81. The van der Waals surface area contributed by atoms with Gasteiger partial charge in [0.1, 0.15) is 6.10 Å². The van der Waals surface area contributed by atoms with E-state index in [1.165, 1.54) is 19.3 Å². The smallest absolute Gasteiger partial charge is 0.135 e. The number of nitrogens with zero attached hydrogens (tertiary/aromatic N) is 1. The monoisotopic (exact) mass is 154 g/mol. The molecule has 3 nitrogen and oxygen atoms in total. The van der Waals surface area contributed by atoms with Gasteiger partial charge in [0, 0.05) is 12.5 Å². The fourth-order valence-corrected chi connectivity index (χ4v) is 2.00. The number of hydrogen-bond acceptors (Lipinski definition) is 3. The number of rotatable bonds is 1. The van der Waals surface area contributed by atoms with Crippen molar-refractivity contribution in [1.29, 1.82) is 0 Å². The molecule has 0 amide bonds. The Morgan fingerprint density at radius 3 is 3.09 bits per heavy atom. The molecule has 1 saturated carbocycles. The van der Waals surface area contributed by atoms with Crippen molar-refractivity contribution in [1.82, 2.24) is 0 Å². The summed E-state index contributed by atoms with van der Waals surface area (Å²) in [5.41, 5.74) is 6.61. The Morgan fingerprint density at radius 2 is 2.27 bits per heavy atom. The normalized spacial score (nSPS) is 35.9. The fraction of sp³-hybridized carbons (Fsp3) is 0.875. The lowest BCUT2D eigenvalue weighted by atomic mass is 9.84. The van der Waals surface area contributed by atoms with Crippen LogP contribution in [0.15, 0.2) is 5.16 Å². The zero-order valence-electron chi connectivity index (χ0n) is 6.62. The first-order valence-corrected chi connectivity index (χ1v) is 4.34. The number of oxime groups is 1. The number of nitrogens with two attached hydrogens (primary N) is 1. The van der Waals surface area contributed by atoms with Crippen molar-refractivity contribution in [3.05, 3.63) is 0 Å². The molecule has 0 aromatic carbocycles. The molecule has 1 fully saturated rings. The molecule has 0 spiro atoms. The lowest BCUT2D eigenvalue weighted by Crippen LogP contribution is -2.30. The van der Waals surface area contributed by atoms with E-state index in [4.69, 9.17) is 10.6 Å². The summed E-state index contributed by atoms with van der Waals surface area (Å²) in [4.78, 5) is 5.27. The molecule has 0 bridgehead atoms. The Kier molecular flexibility index (Phi) is 1.82. The molecule has 0 saturated heterocycles. The molecule has 2 N–H and O–H groups in total. The van der Waals surface area contributed by atoms with Crippen LogP contribution in [0.2, 0.25) is 0 Å². The van der Waals surface area contributed by atoms with E-state index < -0.39 is 0 Å². The molecule has 1 aliphatic carbocycles. The first-order chi connectivity index (χ1) is 5.42. The van der Waals surface area contributed by atoms with Crippen molar-refractivity contribution in [2.75, 3.05) is 6.54 Å². The summed E-state index contributed by atoms with van der Waals surface area (Å²) < 4.78 is 0. The quantitative estimate of drug-likeness (QED) is 0.609. The third-order valence-electron chi connectivity index (χ3n) is 2.65. The second-order valence-corrected chi connectivity index (χ2v) is 3.32. The van der Waals surface area contributed by atoms with E-state index in [1.807, 2.05) is 0 Å². The summed E-state index contributed by atoms with van der Waals surface area (Å²) in [6.07, 6.45) is 5.35. The maximum absolute atomic E-state index is 5.53. The second-order valence-electron chi connectivity index (χ2n) is 3.32. The highest BCUT2D eigenvalue weighted by atomic mass is 16.6. The molecule has 0 aromatic rings. The van der Waals surface area contributed by atoms with Crippen molar-refractivity contribution in [3.8, 4) is 0 Å². The van der Waals surface area contributed by atoms with Gasteiger partial charge in [0.2, 0.25) is 0 Å². The average molecular weight is 154 g/mol. The summed E-state index contributed by atoms with van der Waals surface area (Å²) in [6, 6.07) is 0. The summed E-state index contributed by atoms with van der Waals surface area (Å²) in [5, 5.41) is 3.99. The van der Waals surface area contributed by atoms with Gasteiger partial charge < -0.3 is 10.6 Å². The van der Waals surface area contributed by atoms with Crippen LogP contribution >= 0.6 is 0 Å². The standard InChI is InChI=1S/C8H14N2O/c9-5-7-6-3-1-2-4-8(6)11-10-7/h6,8H,1-5,9H2/t6-,8+/m0/s1. The highest BCUT2D eigenvalue weighted by Gasteiger charge is 2.34. The molecule has 3 heteroatoms. The molecular weight excluding hydrogens is 140 g/mol. The molecule has 1 heterocycles. The first-order valence-electron chi connectivity index (χ1n) is 4.34. The topological polar surface area (TPSA) is 47.6 Å². The van der Waals surface area contributed by atoms with Crippen LogP contribution in [-0.4, -0.2) is 18.4 Å². The zero-order valence-corrected chi connectivity index (χ0v) is 6.62. The van der Waals surface area contributed by atoms with E-state index in [-0.39, 0.29) is 0 Å². The molecule has 11 heavy (non-hydrogen) atoms. The van der Waals surface area contributed by atoms with Gasteiger partial charge in [-0.1, -0.05) is 11.6 Å². The van der Waals surface area contributed by atoms with Crippen LogP contribution < -0.4 is 5.73 Å². The van der Waals surface area contributed by atoms with Gasteiger partial charge in [-0.25, -0.2) is 0 Å². The summed E-state index contributed by atoms with van der Waals surface area (Å²) in [6.45, 7) is 0.571. The largest absolute Gasteiger partial charge is 0.392 e. The number of hydrogen-bond donors (Lipinski definition) is 1. The minimum atomic E-state index is 0.363. The Balaban J connectivity index is 2.05. The Hall–Kier alpha value is -0.570. The Labute approximate surface area is 66.6 Å². The molecule has 2 aliphatic rings. The third kappa shape index (κ3) is 1.13. The van der Waals surface area contributed by atoms with Gasteiger partial charge in [0.05, 0.1) is 5.71 Å². The van der Waals surface area contributed by atoms with Gasteiger partial charge in [-0.15, -0.1) is 0 Å². The van der Waals surface area contributed by atoms with E-state index in [1.54, 1.807) is 0 Å². The zero-order chi connectivity index (χ0) is 7.68. The van der Waals surface area contributed by atoms with Crippen LogP contribution in [-0.2, 0) is 4.84 Å². The lowest BCUT2D eigenvalue weighted by Gasteiger charge is -2.22. The highest BCUT2D eigenvalue weighted by Crippen LogP contribution is 2.31. The third-order valence-corrected chi connectivity index (χ3v) is 2.65. The Morgan fingerprint density at radius 1 is 1.45 bits per heavy atom. The van der Waals surface area contributed by atoms with Gasteiger partial charge in [0.15, 0.2) is 0 Å². The fourth-order valence-electron chi connectivity index (χ4n) is 2.00. The maximum atomic E-state index is 5.53. The first kappa shape index (κ1) is 7.10. The van der Waals surface area contributed by atoms with Crippen molar-refractivity contribution in [2.24, 2.45) is 16.8 Å². The van der Waals surface area contributed by atoms with Crippen LogP contribution in [0, 0.1) is 5.92 Å². The summed E-state index contributed by atoms with van der Waals surface area (Å²) >= 11 is 0. The molecule has 2 atom stereocenters. The van der Waals surface area contributed by atoms with Crippen LogP contribution in [0.25, 0.3) is 0 Å². The lowest BCUT2D eigenvalue weighted by molar-refractivity contribution is 0.0397. The van der Waals surface area contributed by atoms with Crippen molar-refractivity contribution in [2.45, 2.75) is 31.8 Å². The van der Waals surface area contributed by atoms with Gasteiger partial charge in [-0.05, 0) is 19.3 Å². The minimum absolute atomic E-state index is 0.363. The predicted octanol–water partition coefficient (Wildman–Crippen LogP) is 0.890. The number of fused-ring (bicyclic) bond motifs is 1. The van der Waals surface area contributed by atoms with Gasteiger partial charge in [0.25, 0.3) is 0 Å². The average Bonchev–Trinajstić information content (AvgIpc) is 2.47. The molecule has 1 aliphatic heterocycles. The molecule has 2 rings (SSSR count). The minimum Gasteiger partial charge on any atom is -0.392 e. The van der Waals surface area contributed by atoms with Crippen LogP contribution in [0.3, 0.4) is 0 Å². The SMILES string of the molecule is NCC1=NO[C@@H]2CCCC[C@@H]12. The van der Waals surface area contributed by atoms with E-state index in [2.05, 4.69) is 5.16 Å². The highest BCUT2D eigenvalue weighted by molar-refractivity contribution is 5.89. The van der Waals surface area contributed by atoms with Gasteiger partial charge >= 0.3 is 0 Å². The summed E-state index contributed by atoms with van der Waals surface area (Å²) in [5.74, 6) is 0.550. The Bertz CT molecular complexity index is 179. The van der Waals surface area contributed by atoms with Crippen LogP contribution in [0.4, 0.5) is 0 Å². The van der Waals surface area contributed by atoms with E-state index in [9.17, 15) is 0 Å². The predicted molar refractivity (Wildman–Crippen MR) is 43.3 cm³/mol. The molecule has 0 unspecified atom stereocenters. The van der Waals surface area contributed by atoms with Crippen LogP contribution in [0.5, 0.6) is 0 Å². The summed E-state index contributed by atoms with van der Waals surface area (Å²) in [7, 11) is 0. The molecule has 0 radical (unpaired) electrons. The van der Waals surface area contributed by atoms with E-state index >= 15 is 0 Å². The molecule has 62 valence electrons. The molecule has 0 aromatic heterocycles. The van der Waals surface area contributed by atoms with E-state index in [0.29, 0.717) is 18.6 Å². The van der Waals surface area contributed by atoms with E-state index in [0.717, 1.165) is 12.1 Å². The van der Waals surface area contributed by atoms with Gasteiger partial charge in [-0.2, -0.15) is 0 Å².